The maximum absolute atomic E-state index is 12.7. The number of rotatable bonds is 7. The number of hydrogen-bond donors (Lipinski definition) is 1. The maximum Gasteiger partial charge on any atom is 0.361 e. The van der Waals surface area contributed by atoms with Crippen molar-refractivity contribution in [2.75, 3.05) is 5.32 Å². The summed E-state index contributed by atoms with van der Waals surface area (Å²) < 4.78 is 10.9. The van der Waals surface area contributed by atoms with Crippen molar-refractivity contribution in [2.45, 2.75) is 33.8 Å². The summed E-state index contributed by atoms with van der Waals surface area (Å²) in [6.45, 7) is 6.71. The van der Waals surface area contributed by atoms with Gasteiger partial charge in [0.15, 0.2) is 11.8 Å². The minimum Gasteiger partial charge on any atom is -0.449 e. The molecule has 0 aliphatic carbocycles. The van der Waals surface area contributed by atoms with E-state index in [1.54, 1.807) is 45.0 Å². The van der Waals surface area contributed by atoms with E-state index in [-0.39, 0.29) is 23.3 Å². The molecular weight excluding hydrogens is 396 g/mol. The van der Waals surface area contributed by atoms with Crippen LogP contribution in [0.25, 0.3) is 11.5 Å². The number of oxazole rings is 1. The Labute approximate surface area is 180 Å². The Morgan fingerprint density at radius 3 is 2.23 bits per heavy atom. The van der Waals surface area contributed by atoms with Gasteiger partial charge >= 0.3 is 5.97 Å². The van der Waals surface area contributed by atoms with Crippen molar-refractivity contribution in [2.24, 2.45) is 5.92 Å². The summed E-state index contributed by atoms with van der Waals surface area (Å²) in [4.78, 5) is 41.2. The van der Waals surface area contributed by atoms with Gasteiger partial charge in [0.1, 0.15) is 5.76 Å². The lowest BCUT2D eigenvalue weighted by atomic mass is 10.1. The van der Waals surface area contributed by atoms with Crippen LogP contribution in [0.15, 0.2) is 59.0 Å². The van der Waals surface area contributed by atoms with Crippen LogP contribution in [0.5, 0.6) is 0 Å². The second-order valence-corrected chi connectivity index (χ2v) is 7.42. The number of aryl methyl sites for hydroxylation is 1. The topological polar surface area (TPSA) is 98.5 Å². The number of Topliss-reactive ketones (excluding diaryl/α,β-unsaturated/α-hetero) is 1. The molecule has 0 fully saturated rings. The van der Waals surface area contributed by atoms with Gasteiger partial charge in [-0.25, -0.2) is 9.78 Å². The highest BCUT2D eigenvalue weighted by Crippen LogP contribution is 2.22. The van der Waals surface area contributed by atoms with Crippen LogP contribution in [-0.2, 0) is 9.53 Å². The van der Waals surface area contributed by atoms with Crippen molar-refractivity contribution >= 4 is 23.3 Å². The monoisotopic (exact) mass is 420 g/mol. The first-order valence-corrected chi connectivity index (χ1v) is 9.95. The van der Waals surface area contributed by atoms with Crippen molar-refractivity contribution < 1.29 is 23.5 Å². The smallest absolute Gasteiger partial charge is 0.361 e. The Morgan fingerprint density at radius 2 is 1.61 bits per heavy atom. The van der Waals surface area contributed by atoms with Crippen LogP contribution < -0.4 is 5.32 Å². The highest BCUT2D eigenvalue weighted by atomic mass is 16.5. The van der Waals surface area contributed by atoms with E-state index in [1.165, 1.54) is 6.92 Å². The van der Waals surface area contributed by atoms with E-state index in [9.17, 15) is 14.4 Å². The number of ketones is 1. The summed E-state index contributed by atoms with van der Waals surface area (Å²) in [5, 5.41) is 2.76. The number of ether oxygens (including phenoxy) is 1. The molecule has 0 bridgehead atoms. The first kappa shape index (κ1) is 22.0. The minimum absolute atomic E-state index is 0.0326. The normalized spacial score (nSPS) is 11.8. The summed E-state index contributed by atoms with van der Waals surface area (Å²) in [6, 6.07) is 15.6. The number of nitrogens with one attached hydrogen (secondary N) is 1. The number of anilines is 1. The van der Waals surface area contributed by atoms with E-state index in [1.807, 2.05) is 30.3 Å². The standard InChI is InChI=1S/C24H24N2O5/c1-14(2)22(28)25-19-12-10-17(11-13-19)21(27)16(4)31-24(29)20-15(3)30-23(26-20)18-8-6-5-7-9-18/h5-14,16H,1-4H3,(H,25,28). The number of esters is 1. The van der Waals surface area contributed by atoms with Crippen LogP contribution in [0, 0.1) is 12.8 Å². The number of benzene rings is 2. The van der Waals surface area contributed by atoms with Crippen LogP contribution in [0.2, 0.25) is 0 Å². The lowest BCUT2D eigenvalue weighted by molar-refractivity contribution is -0.118. The van der Waals surface area contributed by atoms with E-state index >= 15 is 0 Å². The van der Waals surface area contributed by atoms with Crippen LogP contribution in [0.4, 0.5) is 5.69 Å². The van der Waals surface area contributed by atoms with Gasteiger partial charge in [-0.2, -0.15) is 0 Å². The maximum atomic E-state index is 12.7. The quantitative estimate of drug-likeness (QED) is 0.440. The van der Waals surface area contributed by atoms with Gasteiger partial charge in [-0.3, -0.25) is 9.59 Å². The summed E-state index contributed by atoms with van der Waals surface area (Å²) in [5.41, 5.74) is 1.72. The van der Waals surface area contributed by atoms with Crippen LogP contribution >= 0.6 is 0 Å². The summed E-state index contributed by atoms with van der Waals surface area (Å²) in [7, 11) is 0. The number of amides is 1. The van der Waals surface area contributed by atoms with E-state index in [0.717, 1.165) is 5.56 Å². The molecular formula is C24H24N2O5. The molecule has 7 nitrogen and oxygen atoms in total. The lowest BCUT2D eigenvalue weighted by Crippen LogP contribution is -2.25. The fourth-order valence-corrected chi connectivity index (χ4v) is 2.80. The van der Waals surface area contributed by atoms with Gasteiger partial charge in [0.25, 0.3) is 0 Å². The molecule has 1 aromatic heterocycles. The Morgan fingerprint density at radius 1 is 0.968 bits per heavy atom. The average Bonchev–Trinajstić information content (AvgIpc) is 3.16. The molecule has 0 radical (unpaired) electrons. The molecule has 1 heterocycles. The van der Waals surface area contributed by atoms with Crippen LogP contribution in [0.1, 0.15) is 47.4 Å². The predicted molar refractivity (Wildman–Crippen MR) is 116 cm³/mol. The molecule has 0 saturated carbocycles. The van der Waals surface area contributed by atoms with Gasteiger partial charge in [-0.1, -0.05) is 32.0 Å². The van der Waals surface area contributed by atoms with Gasteiger partial charge in [0, 0.05) is 22.7 Å². The number of aromatic nitrogens is 1. The third kappa shape index (κ3) is 5.25. The van der Waals surface area contributed by atoms with Crippen molar-refractivity contribution in [1.29, 1.82) is 0 Å². The van der Waals surface area contributed by atoms with Crippen molar-refractivity contribution in [1.82, 2.24) is 4.98 Å². The van der Waals surface area contributed by atoms with E-state index in [4.69, 9.17) is 9.15 Å². The minimum atomic E-state index is -1.01. The van der Waals surface area contributed by atoms with Crippen LogP contribution in [0.3, 0.4) is 0 Å². The molecule has 0 aliphatic rings. The fourth-order valence-electron chi connectivity index (χ4n) is 2.80. The fraction of sp³-hybridized carbons (Fsp3) is 0.250. The molecule has 160 valence electrons. The molecule has 7 heteroatoms. The third-order valence-corrected chi connectivity index (χ3v) is 4.63. The number of hydrogen-bond acceptors (Lipinski definition) is 6. The van der Waals surface area contributed by atoms with Crippen molar-refractivity contribution in [3.05, 3.63) is 71.6 Å². The Balaban J connectivity index is 1.66. The Kier molecular flexibility index (Phi) is 6.65. The van der Waals surface area contributed by atoms with Gasteiger partial charge in [0.05, 0.1) is 0 Å². The van der Waals surface area contributed by atoms with Crippen molar-refractivity contribution in [3.63, 3.8) is 0 Å². The zero-order valence-electron chi connectivity index (χ0n) is 17.8. The molecule has 2 aromatic carbocycles. The molecule has 3 aromatic rings. The largest absolute Gasteiger partial charge is 0.449 e. The second kappa shape index (κ2) is 9.38. The molecule has 31 heavy (non-hydrogen) atoms. The summed E-state index contributed by atoms with van der Waals surface area (Å²) in [5.74, 6) is -0.733. The molecule has 0 saturated heterocycles. The molecule has 1 amide bonds. The molecule has 0 spiro atoms. The first-order chi connectivity index (χ1) is 14.8. The molecule has 1 atom stereocenters. The zero-order valence-corrected chi connectivity index (χ0v) is 17.8. The summed E-state index contributed by atoms with van der Waals surface area (Å²) in [6.07, 6.45) is -1.01. The number of carbonyl (C=O) groups excluding carboxylic acids is 3. The van der Waals surface area contributed by atoms with Gasteiger partial charge in [-0.15, -0.1) is 0 Å². The Bertz CT molecular complexity index is 1080. The van der Waals surface area contributed by atoms with Gasteiger partial charge in [-0.05, 0) is 50.2 Å². The molecule has 1 unspecified atom stereocenters. The highest BCUT2D eigenvalue weighted by molar-refractivity contribution is 6.02. The predicted octanol–water partition coefficient (Wildman–Crippen LogP) is 4.67. The number of nitrogens with zero attached hydrogens (tertiary/aromatic N) is 1. The highest BCUT2D eigenvalue weighted by Gasteiger charge is 2.25. The first-order valence-electron chi connectivity index (χ1n) is 9.95. The lowest BCUT2D eigenvalue weighted by Gasteiger charge is -2.12. The third-order valence-electron chi connectivity index (χ3n) is 4.63. The van der Waals surface area contributed by atoms with E-state index in [0.29, 0.717) is 22.9 Å². The van der Waals surface area contributed by atoms with E-state index in [2.05, 4.69) is 10.3 Å². The SMILES string of the molecule is Cc1oc(-c2ccccc2)nc1C(=O)OC(C)C(=O)c1ccc(NC(=O)C(C)C)cc1. The molecule has 3 rings (SSSR count). The average molecular weight is 420 g/mol. The second-order valence-electron chi connectivity index (χ2n) is 7.42. The van der Waals surface area contributed by atoms with Crippen molar-refractivity contribution in [3.8, 4) is 11.5 Å². The zero-order chi connectivity index (χ0) is 22.5. The Hall–Kier alpha value is -3.74. The van der Waals surface area contributed by atoms with Crippen LogP contribution in [-0.4, -0.2) is 28.7 Å². The van der Waals surface area contributed by atoms with Gasteiger partial charge < -0.3 is 14.5 Å². The molecule has 0 aliphatic heterocycles. The van der Waals surface area contributed by atoms with E-state index < -0.39 is 12.1 Å². The summed E-state index contributed by atoms with van der Waals surface area (Å²) >= 11 is 0. The number of carbonyl (C=O) groups is 3. The molecule has 1 N–H and O–H groups in total. The van der Waals surface area contributed by atoms with Gasteiger partial charge in [0.2, 0.25) is 17.6 Å².